The van der Waals surface area contributed by atoms with Crippen LogP contribution in [0.3, 0.4) is 0 Å². The molecule has 2 aromatic rings. The molecule has 2 heterocycles. The third kappa shape index (κ3) is 3.94. The summed E-state index contributed by atoms with van der Waals surface area (Å²) in [5, 5.41) is 3.18. The Morgan fingerprint density at radius 1 is 1.38 bits per heavy atom. The number of para-hydroxylation sites is 2. The Morgan fingerprint density at radius 3 is 2.83 bits per heavy atom. The quantitative estimate of drug-likeness (QED) is 0.851. The number of rotatable bonds is 6. The van der Waals surface area contributed by atoms with Gasteiger partial charge in [0.05, 0.1) is 36.8 Å². The topological polar surface area (TPSA) is 70.2 Å². The molecule has 0 bridgehead atoms. The van der Waals surface area contributed by atoms with E-state index in [1.165, 1.54) is 0 Å². The SMILES string of the molecule is CC[C@@H](C)[C@@H](NC(=O)CN1CCOCC1)c1nc2ccccc2[nH]1. The van der Waals surface area contributed by atoms with E-state index in [4.69, 9.17) is 4.74 Å². The van der Waals surface area contributed by atoms with E-state index < -0.39 is 0 Å². The van der Waals surface area contributed by atoms with E-state index in [0.717, 1.165) is 36.4 Å². The van der Waals surface area contributed by atoms with Crippen molar-refractivity contribution in [3.8, 4) is 0 Å². The normalized spacial score (nSPS) is 18.4. The van der Waals surface area contributed by atoms with Gasteiger partial charge >= 0.3 is 0 Å². The van der Waals surface area contributed by atoms with E-state index >= 15 is 0 Å². The summed E-state index contributed by atoms with van der Waals surface area (Å²) in [6, 6.07) is 7.85. The number of amides is 1. The largest absolute Gasteiger partial charge is 0.379 e. The van der Waals surface area contributed by atoms with Crippen molar-refractivity contribution >= 4 is 16.9 Å². The van der Waals surface area contributed by atoms with Gasteiger partial charge in [0.2, 0.25) is 5.91 Å². The summed E-state index contributed by atoms with van der Waals surface area (Å²) in [4.78, 5) is 22.7. The molecule has 6 heteroatoms. The predicted molar refractivity (Wildman–Crippen MR) is 93.7 cm³/mol. The number of morpholine rings is 1. The number of hydrogen-bond donors (Lipinski definition) is 2. The molecule has 0 unspecified atom stereocenters. The first kappa shape index (κ1) is 16.9. The van der Waals surface area contributed by atoms with Gasteiger partial charge in [0.1, 0.15) is 5.82 Å². The van der Waals surface area contributed by atoms with Gasteiger partial charge in [0.15, 0.2) is 0 Å². The zero-order chi connectivity index (χ0) is 16.9. The molecule has 1 aromatic heterocycles. The molecule has 1 saturated heterocycles. The first-order valence-corrected chi connectivity index (χ1v) is 8.71. The smallest absolute Gasteiger partial charge is 0.234 e. The molecule has 0 spiro atoms. The minimum Gasteiger partial charge on any atom is -0.379 e. The van der Waals surface area contributed by atoms with Crippen LogP contribution in [0.25, 0.3) is 11.0 Å². The molecule has 2 atom stereocenters. The molecule has 2 N–H and O–H groups in total. The second-order valence-electron chi connectivity index (χ2n) is 6.46. The number of imidazole rings is 1. The summed E-state index contributed by atoms with van der Waals surface area (Å²) in [5.41, 5.74) is 1.94. The molecule has 1 aromatic carbocycles. The van der Waals surface area contributed by atoms with Crippen molar-refractivity contribution in [2.45, 2.75) is 26.3 Å². The maximum Gasteiger partial charge on any atom is 0.234 e. The van der Waals surface area contributed by atoms with Crippen molar-refractivity contribution in [2.75, 3.05) is 32.8 Å². The molecule has 130 valence electrons. The number of H-pyrrole nitrogens is 1. The number of hydrogen-bond acceptors (Lipinski definition) is 4. The lowest BCUT2D eigenvalue weighted by molar-refractivity contribution is -0.124. The van der Waals surface area contributed by atoms with E-state index in [0.29, 0.717) is 25.7 Å². The van der Waals surface area contributed by atoms with Crippen molar-refractivity contribution in [3.05, 3.63) is 30.1 Å². The number of fused-ring (bicyclic) bond motifs is 1. The predicted octanol–water partition coefficient (Wildman–Crippen LogP) is 2.10. The number of nitrogens with zero attached hydrogens (tertiary/aromatic N) is 2. The van der Waals surface area contributed by atoms with Gasteiger partial charge in [0.25, 0.3) is 0 Å². The highest BCUT2D eigenvalue weighted by Gasteiger charge is 2.24. The van der Waals surface area contributed by atoms with Crippen molar-refractivity contribution < 1.29 is 9.53 Å². The zero-order valence-corrected chi connectivity index (χ0v) is 14.4. The van der Waals surface area contributed by atoms with Crippen LogP contribution in [0, 0.1) is 5.92 Å². The summed E-state index contributed by atoms with van der Waals surface area (Å²) < 4.78 is 5.33. The summed E-state index contributed by atoms with van der Waals surface area (Å²) >= 11 is 0. The van der Waals surface area contributed by atoms with Crippen LogP contribution in [0.5, 0.6) is 0 Å². The van der Waals surface area contributed by atoms with Crippen molar-refractivity contribution in [1.29, 1.82) is 0 Å². The number of ether oxygens (including phenoxy) is 1. The van der Waals surface area contributed by atoms with Crippen LogP contribution >= 0.6 is 0 Å². The number of carbonyl (C=O) groups is 1. The summed E-state index contributed by atoms with van der Waals surface area (Å²) in [5.74, 6) is 1.18. The zero-order valence-electron chi connectivity index (χ0n) is 14.4. The highest BCUT2D eigenvalue weighted by Crippen LogP contribution is 2.24. The van der Waals surface area contributed by atoms with Crippen LogP contribution in [0.1, 0.15) is 32.1 Å². The van der Waals surface area contributed by atoms with Crippen molar-refractivity contribution in [1.82, 2.24) is 20.2 Å². The highest BCUT2D eigenvalue weighted by molar-refractivity contribution is 5.79. The highest BCUT2D eigenvalue weighted by atomic mass is 16.5. The summed E-state index contributed by atoms with van der Waals surface area (Å²) in [6.07, 6.45) is 0.972. The summed E-state index contributed by atoms with van der Waals surface area (Å²) in [6.45, 7) is 7.72. The van der Waals surface area contributed by atoms with Crippen molar-refractivity contribution in [2.24, 2.45) is 5.92 Å². The van der Waals surface area contributed by atoms with Crippen LogP contribution in [-0.2, 0) is 9.53 Å². The standard InChI is InChI=1S/C18H26N4O2/c1-3-13(2)17(18-19-14-6-4-5-7-15(14)20-18)21-16(23)12-22-8-10-24-11-9-22/h4-7,13,17H,3,8-12H2,1-2H3,(H,19,20)(H,21,23)/t13-,17-/m1/s1. The fourth-order valence-corrected chi connectivity index (χ4v) is 3.02. The molecule has 1 aliphatic heterocycles. The minimum atomic E-state index is -0.101. The van der Waals surface area contributed by atoms with Gasteiger partial charge in [-0.25, -0.2) is 4.98 Å². The van der Waals surface area contributed by atoms with E-state index in [-0.39, 0.29) is 11.9 Å². The van der Waals surface area contributed by atoms with E-state index in [9.17, 15) is 4.79 Å². The van der Waals surface area contributed by atoms with Gasteiger partial charge in [-0.1, -0.05) is 32.4 Å². The van der Waals surface area contributed by atoms with Gasteiger partial charge in [-0.15, -0.1) is 0 Å². The summed E-state index contributed by atoms with van der Waals surface area (Å²) in [7, 11) is 0. The molecule has 1 amide bonds. The number of carbonyl (C=O) groups excluding carboxylic acids is 1. The maximum atomic E-state index is 12.5. The van der Waals surface area contributed by atoms with Gasteiger partial charge in [-0.3, -0.25) is 9.69 Å². The Morgan fingerprint density at radius 2 is 2.12 bits per heavy atom. The molecule has 1 fully saturated rings. The Kier molecular flexibility index (Phi) is 5.48. The molecule has 6 nitrogen and oxygen atoms in total. The molecular formula is C18H26N4O2. The van der Waals surface area contributed by atoms with Crippen LogP contribution in [-0.4, -0.2) is 53.6 Å². The second kappa shape index (κ2) is 7.77. The number of aromatic nitrogens is 2. The fraction of sp³-hybridized carbons (Fsp3) is 0.556. The number of aromatic amines is 1. The molecule has 0 saturated carbocycles. The average Bonchev–Trinajstić information content (AvgIpc) is 3.03. The molecule has 1 aliphatic rings. The Bertz CT molecular complexity index is 645. The van der Waals surface area contributed by atoms with Gasteiger partial charge in [-0.05, 0) is 18.1 Å². The fourth-order valence-electron chi connectivity index (χ4n) is 3.02. The van der Waals surface area contributed by atoms with Crippen LogP contribution in [0.15, 0.2) is 24.3 Å². The van der Waals surface area contributed by atoms with Crippen molar-refractivity contribution in [3.63, 3.8) is 0 Å². The second-order valence-corrected chi connectivity index (χ2v) is 6.46. The molecule has 3 rings (SSSR count). The minimum absolute atomic E-state index is 0.0441. The lowest BCUT2D eigenvalue weighted by atomic mass is 9.98. The van der Waals surface area contributed by atoms with E-state index in [2.05, 4.69) is 34.0 Å². The monoisotopic (exact) mass is 330 g/mol. The lowest BCUT2D eigenvalue weighted by Gasteiger charge is -2.28. The van der Waals surface area contributed by atoms with Gasteiger partial charge in [0, 0.05) is 13.1 Å². The Labute approximate surface area is 142 Å². The first-order chi connectivity index (χ1) is 11.7. The van der Waals surface area contributed by atoms with Gasteiger partial charge < -0.3 is 15.0 Å². The molecular weight excluding hydrogens is 304 g/mol. The van der Waals surface area contributed by atoms with Crippen LogP contribution in [0.2, 0.25) is 0 Å². The maximum absolute atomic E-state index is 12.5. The Hall–Kier alpha value is -1.92. The molecule has 0 aliphatic carbocycles. The van der Waals surface area contributed by atoms with Crippen LogP contribution in [0.4, 0.5) is 0 Å². The van der Waals surface area contributed by atoms with E-state index in [1.807, 2.05) is 24.3 Å². The average molecular weight is 330 g/mol. The lowest BCUT2D eigenvalue weighted by Crippen LogP contribution is -2.44. The molecule has 24 heavy (non-hydrogen) atoms. The molecule has 0 radical (unpaired) electrons. The third-order valence-corrected chi connectivity index (χ3v) is 4.70. The van der Waals surface area contributed by atoms with Gasteiger partial charge in [-0.2, -0.15) is 0 Å². The first-order valence-electron chi connectivity index (χ1n) is 8.71. The van der Waals surface area contributed by atoms with E-state index in [1.54, 1.807) is 0 Å². The number of benzene rings is 1. The van der Waals surface area contributed by atoms with Crippen LogP contribution < -0.4 is 5.32 Å². The third-order valence-electron chi connectivity index (χ3n) is 4.70. The Balaban J connectivity index is 1.72. The number of nitrogens with one attached hydrogen (secondary N) is 2.